The molecule has 1 atom stereocenters. The molecule has 1 aliphatic carbocycles. The Morgan fingerprint density at radius 2 is 1.73 bits per heavy atom. The highest BCUT2D eigenvalue weighted by atomic mass is 35.5. The van der Waals surface area contributed by atoms with Crippen molar-refractivity contribution in [2.45, 2.75) is 26.2 Å². The van der Waals surface area contributed by atoms with Crippen molar-refractivity contribution < 1.29 is 19.4 Å². The number of carboxylic acids is 1. The molecule has 2 aromatic carbocycles. The second kappa shape index (κ2) is 9.60. The van der Waals surface area contributed by atoms with Crippen LogP contribution in [0.25, 0.3) is 0 Å². The Labute approximate surface area is 162 Å². The Morgan fingerprint density at radius 3 is 2.27 bits per heavy atom. The fraction of sp³-hybridized carbons (Fsp3) is 0.300. The summed E-state index contributed by atoms with van der Waals surface area (Å²) in [5.41, 5.74) is 1.33. The Hall–Kier alpha value is -2.04. The summed E-state index contributed by atoms with van der Waals surface area (Å²) >= 11 is 12.2. The molecule has 0 aliphatic heterocycles. The lowest BCUT2D eigenvalue weighted by Crippen LogP contribution is -2.05. The summed E-state index contributed by atoms with van der Waals surface area (Å²) in [6.45, 7) is 2.09. The first-order valence-corrected chi connectivity index (χ1v) is 9.07. The van der Waals surface area contributed by atoms with Crippen molar-refractivity contribution in [1.29, 1.82) is 0 Å². The third-order valence-corrected chi connectivity index (χ3v) is 4.78. The maximum Gasteiger partial charge on any atom is 0.303 e. The lowest BCUT2D eigenvalue weighted by atomic mass is 10.1. The third-order valence-electron chi connectivity index (χ3n) is 3.93. The molecule has 0 saturated heterocycles. The zero-order valence-electron chi connectivity index (χ0n) is 14.4. The fourth-order valence-electron chi connectivity index (χ4n) is 2.64. The molecule has 26 heavy (non-hydrogen) atoms. The zero-order chi connectivity index (χ0) is 19.1. The molecule has 4 nitrogen and oxygen atoms in total. The van der Waals surface area contributed by atoms with E-state index in [1.54, 1.807) is 6.07 Å². The van der Waals surface area contributed by atoms with Crippen LogP contribution in [-0.2, 0) is 11.2 Å². The number of halogens is 2. The Morgan fingerprint density at radius 1 is 1.15 bits per heavy atom. The molecule has 0 heterocycles. The molecule has 138 valence electrons. The largest absolute Gasteiger partial charge is 0.492 e. The van der Waals surface area contributed by atoms with Crippen LogP contribution in [0.5, 0.6) is 5.75 Å². The number of aliphatic carboxylic acids is 1. The van der Waals surface area contributed by atoms with Gasteiger partial charge in [0.25, 0.3) is 0 Å². The zero-order valence-corrected chi connectivity index (χ0v) is 15.9. The van der Waals surface area contributed by atoms with E-state index in [-0.39, 0.29) is 34.8 Å². The summed E-state index contributed by atoms with van der Waals surface area (Å²) in [5, 5.41) is 8.99. The van der Waals surface area contributed by atoms with Crippen molar-refractivity contribution in [3.05, 3.63) is 63.6 Å². The van der Waals surface area contributed by atoms with Gasteiger partial charge in [0.15, 0.2) is 5.78 Å². The van der Waals surface area contributed by atoms with Gasteiger partial charge >= 0.3 is 5.97 Å². The Balaban J connectivity index is 0.000000342. The van der Waals surface area contributed by atoms with Crippen molar-refractivity contribution in [3.8, 4) is 5.75 Å². The van der Waals surface area contributed by atoms with E-state index in [0.29, 0.717) is 24.2 Å². The molecule has 1 N–H and O–H groups in total. The van der Waals surface area contributed by atoms with Gasteiger partial charge in [-0.05, 0) is 24.5 Å². The minimum atomic E-state index is -0.869. The number of ether oxygens (including phenoxy) is 1. The molecule has 0 amide bonds. The summed E-state index contributed by atoms with van der Waals surface area (Å²) in [5.74, 6) is -0.557. The molecular formula is C20H20Cl2O4. The van der Waals surface area contributed by atoms with Gasteiger partial charge in [-0.15, -0.1) is 0 Å². The van der Waals surface area contributed by atoms with Crippen LogP contribution in [-0.4, -0.2) is 23.5 Å². The van der Waals surface area contributed by atoms with Gasteiger partial charge < -0.3 is 9.84 Å². The molecule has 0 aromatic heterocycles. The van der Waals surface area contributed by atoms with E-state index >= 15 is 0 Å². The van der Waals surface area contributed by atoms with E-state index in [1.807, 2.05) is 43.3 Å². The van der Waals surface area contributed by atoms with Crippen molar-refractivity contribution in [1.82, 2.24) is 0 Å². The third kappa shape index (κ3) is 5.23. The normalized spacial score (nSPS) is 15.0. The molecule has 0 bridgehead atoms. The molecule has 3 rings (SSSR count). The highest BCUT2D eigenvalue weighted by molar-refractivity contribution is 6.45. The summed E-state index contributed by atoms with van der Waals surface area (Å²) in [6, 6.07) is 13.7. The molecule has 0 radical (unpaired) electrons. The number of Topliss-reactive ketones (excluding diaryl/α,β-unsaturated/α-hetero) is 1. The first-order valence-electron chi connectivity index (χ1n) is 8.31. The van der Waals surface area contributed by atoms with Crippen LogP contribution in [0.3, 0.4) is 0 Å². The van der Waals surface area contributed by atoms with Gasteiger partial charge in [0.1, 0.15) is 10.8 Å². The van der Waals surface area contributed by atoms with E-state index in [2.05, 4.69) is 0 Å². The average Bonchev–Trinajstić information content (AvgIpc) is 2.92. The molecule has 6 heteroatoms. The lowest BCUT2D eigenvalue weighted by Gasteiger charge is -2.11. The van der Waals surface area contributed by atoms with Gasteiger partial charge in [0.05, 0.1) is 11.6 Å². The number of fused-ring (bicyclic) bond motifs is 1. The number of carboxylic acid groups (broad SMARTS) is 1. The summed E-state index contributed by atoms with van der Waals surface area (Å²) in [4.78, 5) is 22.4. The average molecular weight is 395 g/mol. The topological polar surface area (TPSA) is 63.6 Å². The maximum atomic E-state index is 12.0. The molecule has 0 saturated carbocycles. The highest BCUT2D eigenvalue weighted by Gasteiger charge is 2.31. The monoisotopic (exact) mass is 394 g/mol. The number of rotatable bonds is 5. The Bertz CT molecular complexity index is 748. The van der Waals surface area contributed by atoms with Crippen LogP contribution < -0.4 is 4.74 Å². The van der Waals surface area contributed by atoms with E-state index in [9.17, 15) is 9.59 Å². The first kappa shape index (κ1) is 20.3. The lowest BCUT2D eigenvalue weighted by molar-refractivity contribution is -0.137. The maximum absolute atomic E-state index is 12.0. The van der Waals surface area contributed by atoms with E-state index < -0.39 is 5.97 Å². The number of hydrogen-bond acceptors (Lipinski definition) is 3. The van der Waals surface area contributed by atoms with Crippen LogP contribution in [0.15, 0.2) is 42.5 Å². The SMILES string of the molecule is CC1Cc2cc(OCCCC(=O)O)c(Cl)c(Cl)c2C1=O.c1ccccc1. The van der Waals surface area contributed by atoms with Gasteiger partial charge in [-0.2, -0.15) is 0 Å². The first-order chi connectivity index (χ1) is 12.4. The number of ketones is 1. The quantitative estimate of drug-likeness (QED) is 0.698. The molecule has 1 unspecified atom stereocenters. The van der Waals surface area contributed by atoms with E-state index in [1.165, 1.54) is 0 Å². The second-order valence-corrected chi connectivity index (χ2v) is 6.76. The van der Waals surface area contributed by atoms with Crippen LogP contribution in [0.4, 0.5) is 0 Å². The van der Waals surface area contributed by atoms with Gasteiger partial charge in [-0.25, -0.2) is 0 Å². The van der Waals surface area contributed by atoms with Crippen molar-refractivity contribution >= 4 is 35.0 Å². The highest BCUT2D eigenvalue weighted by Crippen LogP contribution is 2.42. The van der Waals surface area contributed by atoms with Crippen LogP contribution in [0.1, 0.15) is 35.7 Å². The van der Waals surface area contributed by atoms with Crippen molar-refractivity contribution in [2.24, 2.45) is 5.92 Å². The van der Waals surface area contributed by atoms with Crippen LogP contribution in [0, 0.1) is 5.92 Å². The van der Waals surface area contributed by atoms with Gasteiger partial charge in [-0.3, -0.25) is 9.59 Å². The van der Waals surface area contributed by atoms with Gasteiger partial charge in [0, 0.05) is 17.9 Å². The summed E-state index contributed by atoms with van der Waals surface area (Å²) in [7, 11) is 0. The molecular weight excluding hydrogens is 375 g/mol. The van der Waals surface area contributed by atoms with Crippen molar-refractivity contribution in [3.63, 3.8) is 0 Å². The fourth-order valence-corrected chi connectivity index (χ4v) is 3.16. The summed E-state index contributed by atoms with van der Waals surface area (Å²) in [6.07, 6.45) is 1.04. The predicted octanol–water partition coefficient (Wildman–Crippen LogP) is 5.30. The van der Waals surface area contributed by atoms with Crippen LogP contribution >= 0.6 is 23.2 Å². The van der Waals surface area contributed by atoms with Crippen molar-refractivity contribution in [2.75, 3.05) is 6.61 Å². The smallest absolute Gasteiger partial charge is 0.303 e. The second-order valence-electron chi connectivity index (χ2n) is 6.01. The minimum absolute atomic E-state index is 0.00401. The van der Waals surface area contributed by atoms with Crippen LogP contribution in [0.2, 0.25) is 10.0 Å². The number of carbonyl (C=O) groups is 2. The molecule has 0 spiro atoms. The Kier molecular flexibility index (Phi) is 7.49. The van der Waals surface area contributed by atoms with Gasteiger partial charge in [0.2, 0.25) is 0 Å². The molecule has 2 aromatic rings. The van der Waals surface area contributed by atoms with Gasteiger partial charge in [-0.1, -0.05) is 66.5 Å². The van der Waals surface area contributed by atoms with E-state index in [4.69, 9.17) is 33.0 Å². The minimum Gasteiger partial charge on any atom is -0.492 e. The van der Waals surface area contributed by atoms with E-state index in [0.717, 1.165) is 5.56 Å². The predicted molar refractivity (Wildman–Crippen MR) is 102 cm³/mol. The number of hydrogen-bond donors (Lipinski definition) is 1. The molecule has 0 fully saturated rings. The molecule has 1 aliphatic rings. The number of benzene rings is 2. The number of carbonyl (C=O) groups excluding carboxylic acids is 1. The summed E-state index contributed by atoms with van der Waals surface area (Å²) < 4.78 is 5.47. The standard InChI is InChI=1S/C14H14Cl2O4.C6H6/c1-7-5-8-6-9(20-4-2-3-10(17)18)12(15)13(16)11(8)14(7)19;1-2-4-6-5-3-1/h6-7H,2-5H2,1H3,(H,17,18);1-6H.